The van der Waals surface area contributed by atoms with Crippen molar-refractivity contribution in [2.75, 3.05) is 37.6 Å². The molecule has 4 aliphatic rings. The van der Waals surface area contributed by atoms with E-state index in [4.69, 9.17) is 9.90 Å². The standard InChI is InChI=1S/C20H27N5O.CH2O2/c26-20(21-18-13-24-10-6-14(18)7-11-24)19-16-12-15(4-5-17(16)22-23-19)25-8-2-1-3-9-25;2-1-3/h4-5,12,14,18H,1-3,6-11,13H2,(H,21,26)(H,22,23);1H,(H,2,3)/t18-;/m0./s1. The van der Waals surface area contributed by atoms with Gasteiger partial charge in [-0.05, 0) is 69.3 Å². The van der Waals surface area contributed by atoms with E-state index in [0.29, 0.717) is 11.6 Å². The van der Waals surface area contributed by atoms with Gasteiger partial charge in [0.2, 0.25) is 0 Å². The Kier molecular flexibility index (Phi) is 5.99. The highest BCUT2D eigenvalue weighted by molar-refractivity contribution is 6.05. The summed E-state index contributed by atoms with van der Waals surface area (Å²) >= 11 is 0. The van der Waals surface area contributed by atoms with Crippen molar-refractivity contribution < 1.29 is 14.7 Å². The van der Waals surface area contributed by atoms with Crippen LogP contribution in [0, 0.1) is 5.92 Å². The maximum atomic E-state index is 12.9. The van der Waals surface area contributed by atoms with Crippen molar-refractivity contribution >= 4 is 29.0 Å². The monoisotopic (exact) mass is 399 g/mol. The fourth-order valence-corrected chi connectivity index (χ4v) is 4.89. The summed E-state index contributed by atoms with van der Waals surface area (Å²) < 4.78 is 0. The molecule has 156 valence electrons. The molecule has 0 saturated carbocycles. The minimum atomic E-state index is -0.250. The van der Waals surface area contributed by atoms with E-state index in [0.717, 1.165) is 30.5 Å². The van der Waals surface area contributed by atoms with Gasteiger partial charge in [-0.2, -0.15) is 5.10 Å². The van der Waals surface area contributed by atoms with Crippen LogP contribution in [-0.4, -0.2) is 71.3 Å². The number of hydrogen-bond donors (Lipinski definition) is 3. The first kappa shape index (κ1) is 19.7. The van der Waals surface area contributed by atoms with Crippen molar-refractivity contribution in [2.45, 2.75) is 38.1 Å². The zero-order valence-corrected chi connectivity index (χ0v) is 16.6. The molecule has 29 heavy (non-hydrogen) atoms. The summed E-state index contributed by atoms with van der Waals surface area (Å²) in [7, 11) is 0. The lowest BCUT2D eigenvalue weighted by atomic mass is 9.84. The average molecular weight is 399 g/mol. The predicted molar refractivity (Wildman–Crippen MR) is 111 cm³/mol. The molecule has 1 atom stereocenters. The van der Waals surface area contributed by atoms with Crippen molar-refractivity contribution in [1.82, 2.24) is 20.4 Å². The highest BCUT2D eigenvalue weighted by atomic mass is 16.3. The Labute approximate surface area is 170 Å². The first-order chi connectivity index (χ1) is 14.2. The average Bonchev–Trinajstić information content (AvgIpc) is 3.19. The van der Waals surface area contributed by atoms with Crippen LogP contribution < -0.4 is 10.2 Å². The van der Waals surface area contributed by atoms with E-state index in [1.165, 1.54) is 50.9 Å². The smallest absolute Gasteiger partial charge is 0.290 e. The summed E-state index contributed by atoms with van der Waals surface area (Å²) in [6, 6.07) is 6.59. The van der Waals surface area contributed by atoms with Gasteiger partial charge in [-0.3, -0.25) is 14.7 Å². The van der Waals surface area contributed by atoms with Crippen LogP contribution in [0.2, 0.25) is 0 Å². The number of carbonyl (C=O) groups is 2. The van der Waals surface area contributed by atoms with Crippen LogP contribution in [0.15, 0.2) is 18.2 Å². The largest absolute Gasteiger partial charge is 0.483 e. The SMILES string of the molecule is O=C(N[C@H]1CN2CCC1CC2)c1n[nH]c2ccc(N3CCCCC3)cc12.O=CO. The second kappa shape index (κ2) is 8.82. The molecular weight excluding hydrogens is 370 g/mol. The zero-order valence-electron chi connectivity index (χ0n) is 16.6. The van der Waals surface area contributed by atoms with E-state index in [9.17, 15) is 4.79 Å². The van der Waals surface area contributed by atoms with Crippen LogP contribution in [0.4, 0.5) is 5.69 Å². The molecule has 1 amide bonds. The van der Waals surface area contributed by atoms with Crippen molar-refractivity contribution in [1.29, 1.82) is 0 Å². The Balaban J connectivity index is 0.000000645. The van der Waals surface area contributed by atoms with Crippen LogP contribution in [0.1, 0.15) is 42.6 Å². The summed E-state index contributed by atoms with van der Waals surface area (Å²) in [5.41, 5.74) is 2.68. The lowest BCUT2D eigenvalue weighted by Crippen LogP contribution is -2.57. The number of aromatic nitrogens is 2. The fourth-order valence-electron chi connectivity index (χ4n) is 4.89. The highest BCUT2D eigenvalue weighted by Gasteiger charge is 2.35. The molecule has 1 aromatic carbocycles. The van der Waals surface area contributed by atoms with Crippen LogP contribution in [0.5, 0.6) is 0 Å². The summed E-state index contributed by atoms with van der Waals surface area (Å²) in [4.78, 5) is 26.2. The first-order valence-corrected chi connectivity index (χ1v) is 10.5. The van der Waals surface area contributed by atoms with Gasteiger partial charge in [-0.15, -0.1) is 0 Å². The van der Waals surface area contributed by atoms with Gasteiger partial charge in [0.25, 0.3) is 12.4 Å². The van der Waals surface area contributed by atoms with E-state index >= 15 is 0 Å². The molecule has 3 N–H and O–H groups in total. The Morgan fingerprint density at radius 2 is 1.90 bits per heavy atom. The number of carboxylic acid groups (broad SMARTS) is 1. The lowest BCUT2D eigenvalue weighted by molar-refractivity contribution is -0.122. The number of fused-ring (bicyclic) bond motifs is 4. The summed E-state index contributed by atoms with van der Waals surface area (Å²) in [5, 5.41) is 18.5. The number of aromatic amines is 1. The van der Waals surface area contributed by atoms with Gasteiger partial charge in [0.05, 0.1) is 5.52 Å². The van der Waals surface area contributed by atoms with Crippen molar-refractivity contribution in [3.05, 3.63) is 23.9 Å². The number of anilines is 1. The molecular formula is C21H29N5O3. The minimum Gasteiger partial charge on any atom is -0.483 e. The third-order valence-electron chi connectivity index (χ3n) is 6.46. The number of rotatable bonds is 3. The number of carbonyl (C=O) groups excluding carboxylic acids is 1. The normalized spacial score (nSPS) is 25.9. The number of amides is 1. The second-order valence-electron chi connectivity index (χ2n) is 8.17. The van der Waals surface area contributed by atoms with Crippen molar-refractivity contribution in [3.63, 3.8) is 0 Å². The van der Waals surface area contributed by atoms with Crippen LogP contribution in [0.25, 0.3) is 10.9 Å². The van der Waals surface area contributed by atoms with Crippen LogP contribution in [0.3, 0.4) is 0 Å². The predicted octanol–water partition coefficient (Wildman–Crippen LogP) is 2.08. The molecule has 8 heteroatoms. The lowest BCUT2D eigenvalue weighted by Gasteiger charge is -2.44. The van der Waals surface area contributed by atoms with Gasteiger partial charge in [0.1, 0.15) is 0 Å². The van der Waals surface area contributed by atoms with E-state index < -0.39 is 0 Å². The van der Waals surface area contributed by atoms with Gasteiger partial charge < -0.3 is 20.2 Å². The topological polar surface area (TPSA) is 102 Å². The molecule has 0 spiro atoms. The molecule has 5 heterocycles. The van der Waals surface area contributed by atoms with Gasteiger partial charge in [0.15, 0.2) is 5.69 Å². The van der Waals surface area contributed by atoms with E-state index in [-0.39, 0.29) is 18.4 Å². The molecule has 1 aromatic heterocycles. The van der Waals surface area contributed by atoms with E-state index in [2.05, 4.69) is 43.5 Å². The van der Waals surface area contributed by atoms with Crippen molar-refractivity contribution in [2.24, 2.45) is 5.92 Å². The molecule has 0 aliphatic carbocycles. The molecule has 0 radical (unpaired) electrons. The summed E-state index contributed by atoms with van der Waals surface area (Å²) in [5.74, 6) is 0.587. The molecule has 0 unspecified atom stereocenters. The fraction of sp³-hybridized carbons (Fsp3) is 0.571. The molecule has 2 bridgehead atoms. The number of nitrogens with zero attached hydrogens (tertiary/aromatic N) is 3. The number of nitrogens with one attached hydrogen (secondary N) is 2. The molecule has 4 aliphatic heterocycles. The van der Waals surface area contributed by atoms with Crippen LogP contribution >= 0.6 is 0 Å². The van der Waals surface area contributed by atoms with Gasteiger partial charge in [-0.25, -0.2) is 0 Å². The van der Waals surface area contributed by atoms with Crippen LogP contribution in [-0.2, 0) is 4.79 Å². The molecule has 4 saturated heterocycles. The Morgan fingerprint density at radius 1 is 1.17 bits per heavy atom. The van der Waals surface area contributed by atoms with Gasteiger partial charge >= 0.3 is 0 Å². The molecule has 6 rings (SSSR count). The Bertz CT molecular complexity index is 853. The Hall–Kier alpha value is -2.61. The number of benzene rings is 1. The van der Waals surface area contributed by atoms with E-state index in [1.807, 2.05) is 0 Å². The zero-order chi connectivity index (χ0) is 20.2. The molecule has 4 fully saturated rings. The number of piperidine rings is 4. The Morgan fingerprint density at radius 3 is 2.55 bits per heavy atom. The third-order valence-corrected chi connectivity index (χ3v) is 6.46. The third kappa shape index (κ3) is 4.22. The summed E-state index contributed by atoms with van der Waals surface area (Å²) in [6.07, 6.45) is 6.21. The number of H-pyrrole nitrogens is 1. The summed E-state index contributed by atoms with van der Waals surface area (Å²) in [6.45, 7) is 5.30. The van der Waals surface area contributed by atoms with E-state index in [1.54, 1.807) is 0 Å². The maximum Gasteiger partial charge on any atom is 0.290 e. The first-order valence-electron chi connectivity index (χ1n) is 10.5. The number of hydrogen-bond acceptors (Lipinski definition) is 5. The second-order valence-corrected chi connectivity index (χ2v) is 8.17. The highest BCUT2D eigenvalue weighted by Crippen LogP contribution is 2.29. The molecule has 2 aromatic rings. The van der Waals surface area contributed by atoms with Crippen molar-refractivity contribution in [3.8, 4) is 0 Å². The van der Waals surface area contributed by atoms with Gasteiger partial charge in [-0.1, -0.05) is 0 Å². The maximum absolute atomic E-state index is 12.9. The quantitative estimate of drug-likeness (QED) is 0.683. The molecule has 8 nitrogen and oxygen atoms in total. The van der Waals surface area contributed by atoms with Gasteiger partial charge in [0, 0.05) is 36.7 Å². The minimum absolute atomic E-state index is 0.0363.